The minimum atomic E-state index is -4.06. The van der Waals surface area contributed by atoms with Crippen LogP contribution < -0.4 is 0 Å². The van der Waals surface area contributed by atoms with Crippen molar-refractivity contribution in [2.45, 2.75) is 16.7 Å². The Morgan fingerprint density at radius 2 is 1.27 bits per heavy atom. The van der Waals surface area contributed by atoms with Gasteiger partial charge in [0.05, 0.1) is 15.4 Å². The van der Waals surface area contributed by atoms with Gasteiger partial charge in [0.2, 0.25) is 0 Å². The predicted octanol–water partition coefficient (Wildman–Crippen LogP) is 4.17. The third kappa shape index (κ3) is 3.50. The summed E-state index contributed by atoms with van der Waals surface area (Å²) in [6.45, 7) is 1.58. The van der Waals surface area contributed by atoms with Crippen molar-refractivity contribution < 1.29 is 21.4 Å². The number of aromatic nitrogens is 1. The summed E-state index contributed by atoms with van der Waals surface area (Å²) < 4.78 is 52.9. The molecule has 3 rings (SSSR count). The molecule has 0 saturated carbocycles. The molecule has 136 valence electrons. The number of rotatable bonds is 4. The maximum Gasteiger partial charge on any atom is 0.261 e. The van der Waals surface area contributed by atoms with Crippen molar-refractivity contribution in [3.8, 4) is 22.4 Å². The van der Waals surface area contributed by atoms with Gasteiger partial charge in [0.1, 0.15) is 11.5 Å². The second-order valence-electron chi connectivity index (χ2n) is 5.33. The molecule has 0 radical (unpaired) electrons. The molecule has 0 aliphatic carbocycles. The minimum Gasteiger partial charge on any atom is -0.360 e. The average molecular weight is 432 g/mol. The van der Waals surface area contributed by atoms with Gasteiger partial charge in [-0.3, -0.25) is 0 Å². The van der Waals surface area contributed by atoms with Crippen molar-refractivity contribution in [1.82, 2.24) is 5.16 Å². The highest BCUT2D eigenvalue weighted by molar-refractivity contribution is 8.14. The summed E-state index contributed by atoms with van der Waals surface area (Å²) in [6, 6.07) is 12.0. The van der Waals surface area contributed by atoms with Crippen LogP contribution in [0.1, 0.15) is 5.76 Å². The normalized spacial score (nSPS) is 12.3. The molecule has 0 bridgehead atoms. The van der Waals surface area contributed by atoms with Crippen LogP contribution >= 0.6 is 21.4 Å². The summed E-state index contributed by atoms with van der Waals surface area (Å²) in [6.07, 6.45) is 0. The average Bonchev–Trinajstić information content (AvgIpc) is 2.94. The molecule has 0 N–H and O–H groups in total. The summed E-state index contributed by atoms with van der Waals surface area (Å²) >= 11 is 0. The first-order chi connectivity index (χ1) is 12.1. The number of nitrogens with zero attached hydrogens (tertiary/aromatic N) is 1. The molecule has 1 heterocycles. The second-order valence-corrected chi connectivity index (χ2v) is 10.4. The van der Waals surface area contributed by atoms with Gasteiger partial charge in [-0.1, -0.05) is 41.6 Å². The van der Waals surface area contributed by atoms with Gasteiger partial charge in [-0.05, 0) is 19.1 Å². The molecule has 0 atom stereocenters. The summed E-state index contributed by atoms with van der Waals surface area (Å²) in [5, 5.41) is 3.92. The fourth-order valence-electron chi connectivity index (χ4n) is 2.63. The lowest BCUT2D eigenvalue weighted by Gasteiger charge is -2.09. The molecule has 0 spiro atoms. The molecular formula is C16H11Cl2NO5S2. The van der Waals surface area contributed by atoms with E-state index < -0.39 is 18.1 Å². The molecule has 10 heteroatoms. The van der Waals surface area contributed by atoms with Crippen LogP contribution in [0, 0.1) is 6.92 Å². The monoisotopic (exact) mass is 431 g/mol. The third-order valence-corrected chi connectivity index (χ3v) is 6.45. The largest absolute Gasteiger partial charge is 0.360 e. The summed E-state index contributed by atoms with van der Waals surface area (Å²) in [4.78, 5) is -0.303. The highest BCUT2D eigenvalue weighted by Gasteiger charge is 2.26. The van der Waals surface area contributed by atoms with Crippen molar-refractivity contribution >= 4 is 39.5 Å². The molecule has 26 heavy (non-hydrogen) atoms. The summed E-state index contributed by atoms with van der Waals surface area (Å²) in [7, 11) is 2.94. The van der Waals surface area contributed by atoms with Gasteiger partial charge < -0.3 is 4.52 Å². The standard InChI is InChI=1S/C16H11Cl2NO5S2/c1-10-15(11-6-2-4-8-13(11)25(17,20)21)16(19-24-10)12-7-3-5-9-14(12)26(18,22)23/h2-9H,1H3. The van der Waals surface area contributed by atoms with Crippen molar-refractivity contribution in [3.63, 3.8) is 0 Å². The van der Waals surface area contributed by atoms with Crippen LogP contribution in [-0.4, -0.2) is 22.0 Å². The highest BCUT2D eigenvalue weighted by atomic mass is 35.7. The minimum absolute atomic E-state index is 0.138. The Labute approximate surface area is 159 Å². The fraction of sp³-hybridized carbons (Fsp3) is 0.0625. The van der Waals surface area contributed by atoms with E-state index in [2.05, 4.69) is 5.16 Å². The zero-order valence-corrected chi connectivity index (χ0v) is 16.3. The van der Waals surface area contributed by atoms with Crippen LogP contribution in [0.2, 0.25) is 0 Å². The van der Waals surface area contributed by atoms with E-state index in [1.54, 1.807) is 19.1 Å². The molecule has 0 unspecified atom stereocenters. The number of aryl methyl sites for hydroxylation is 1. The summed E-state index contributed by atoms with van der Waals surface area (Å²) in [5.41, 5.74) is 0.904. The third-order valence-electron chi connectivity index (χ3n) is 3.69. The van der Waals surface area contributed by atoms with Crippen LogP contribution in [0.3, 0.4) is 0 Å². The van der Waals surface area contributed by atoms with E-state index in [1.807, 2.05) is 0 Å². The molecular weight excluding hydrogens is 421 g/mol. The van der Waals surface area contributed by atoms with E-state index in [9.17, 15) is 16.8 Å². The fourth-order valence-corrected chi connectivity index (χ4v) is 4.78. The van der Waals surface area contributed by atoms with Crippen molar-refractivity contribution in [2.24, 2.45) is 0 Å². The van der Waals surface area contributed by atoms with Crippen LogP contribution in [-0.2, 0) is 18.1 Å². The lowest BCUT2D eigenvalue weighted by atomic mass is 9.99. The van der Waals surface area contributed by atoms with E-state index in [4.69, 9.17) is 25.9 Å². The number of hydrogen-bond donors (Lipinski definition) is 0. The molecule has 0 fully saturated rings. The molecule has 0 aliphatic heterocycles. The van der Waals surface area contributed by atoms with Crippen molar-refractivity contribution in [1.29, 1.82) is 0 Å². The van der Waals surface area contributed by atoms with Gasteiger partial charge in [0.25, 0.3) is 18.1 Å². The molecule has 3 aromatic rings. The molecule has 1 aromatic heterocycles. The molecule has 0 amide bonds. The lowest BCUT2D eigenvalue weighted by molar-refractivity contribution is 0.400. The maximum atomic E-state index is 11.9. The van der Waals surface area contributed by atoms with Crippen LogP contribution in [0.4, 0.5) is 0 Å². The number of halogens is 2. The van der Waals surface area contributed by atoms with Gasteiger partial charge in [-0.25, -0.2) is 16.8 Å². The van der Waals surface area contributed by atoms with E-state index in [0.717, 1.165) is 0 Å². The van der Waals surface area contributed by atoms with E-state index >= 15 is 0 Å². The topological polar surface area (TPSA) is 94.3 Å². The van der Waals surface area contributed by atoms with Gasteiger partial charge in [0.15, 0.2) is 0 Å². The first kappa shape index (κ1) is 18.9. The van der Waals surface area contributed by atoms with Gasteiger partial charge >= 0.3 is 0 Å². The van der Waals surface area contributed by atoms with Crippen LogP contribution in [0.5, 0.6) is 0 Å². The van der Waals surface area contributed by atoms with Crippen LogP contribution in [0.25, 0.3) is 22.4 Å². The Bertz CT molecular complexity index is 1200. The lowest BCUT2D eigenvalue weighted by Crippen LogP contribution is -1.98. The number of benzene rings is 2. The molecule has 2 aromatic carbocycles. The van der Waals surface area contributed by atoms with E-state index in [1.165, 1.54) is 36.4 Å². The Balaban J connectivity index is 2.37. The Kier molecular flexibility index (Phi) is 4.87. The smallest absolute Gasteiger partial charge is 0.261 e. The maximum absolute atomic E-state index is 11.9. The quantitative estimate of drug-likeness (QED) is 0.575. The summed E-state index contributed by atoms with van der Waals surface area (Å²) in [5.74, 6) is 0.301. The zero-order chi connectivity index (χ0) is 19.1. The highest BCUT2D eigenvalue weighted by Crippen LogP contribution is 2.40. The zero-order valence-electron chi connectivity index (χ0n) is 13.2. The molecule has 0 saturated heterocycles. The van der Waals surface area contributed by atoms with E-state index in [0.29, 0.717) is 11.3 Å². The van der Waals surface area contributed by atoms with Crippen molar-refractivity contribution in [3.05, 3.63) is 54.3 Å². The first-order valence-corrected chi connectivity index (χ1v) is 11.8. The van der Waals surface area contributed by atoms with Gasteiger partial charge in [-0.2, -0.15) is 0 Å². The van der Waals surface area contributed by atoms with Gasteiger partial charge in [0, 0.05) is 32.5 Å². The second kappa shape index (κ2) is 6.70. The van der Waals surface area contributed by atoms with Gasteiger partial charge in [-0.15, -0.1) is 0 Å². The van der Waals surface area contributed by atoms with Crippen molar-refractivity contribution in [2.75, 3.05) is 0 Å². The number of hydrogen-bond acceptors (Lipinski definition) is 6. The SMILES string of the molecule is Cc1onc(-c2ccccc2S(=O)(=O)Cl)c1-c1ccccc1S(=O)(=O)Cl. The molecule has 6 nitrogen and oxygen atoms in total. The Hall–Kier alpha value is -1.87. The Morgan fingerprint density at radius 3 is 1.81 bits per heavy atom. The molecule has 0 aliphatic rings. The Morgan fingerprint density at radius 1 is 0.808 bits per heavy atom. The predicted molar refractivity (Wildman–Crippen MR) is 98.2 cm³/mol. The van der Waals surface area contributed by atoms with Crippen LogP contribution in [0.15, 0.2) is 62.8 Å². The first-order valence-electron chi connectivity index (χ1n) is 7.15. The van der Waals surface area contributed by atoms with E-state index in [-0.39, 0.29) is 26.6 Å².